The molecule has 32 heavy (non-hydrogen) atoms. The van der Waals surface area contributed by atoms with Gasteiger partial charge in [0, 0.05) is 37.7 Å². The van der Waals surface area contributed by atoms with Crippen LogP contribution in [-0.2, 0) is 6.54 Å². The first-order valence-electron chi connectivity index (χ1n) is 9.68. The summed E-state index contributed by atoms with van der Waals surface area (Å²) in [6.45, 7) is 0.270. The number of halogens is 5. The van der Waals surface area contributed by atoms with E-state index in [0.29, 0.717) is 42.3 Å². The number of urea groups is 1. The summed E-state index contributed by atoms with van der Waals surface area (Å²) >= 11 is 12.0. The standard InChI is InChI=1S/C21H20Cl2F3N3O3/c22-15-3-6-17(18(23)11-15)19(30)28-7-9-29(10-8-28)20(31)27-12-14-1-4-16(5-2-14)32-13-21(24,25)26/h1-6,11H,7-10,12-13H2,(H,27,31). The fourth-order valence-corrected chi connectivity index (χ4v) is 3.59. The van der Waals surface area contributed by atoms with Gasteiger partial charge in [-0.15, -0.1) is 0 Å². The van der Waals surface area contributed by atoms with Crippen molar-refractivity contribution in [2.75, 3.05) is 32.8 Å². The molecule has 1 aliphatic heterocycles. The van der Waals surface area contributed by atoms with Crippen molar-refractivity contribution in [2.45, 2.75) is 12.7 Å². The topological polar surface area (TPSA) is 61.9 Å². The number of nitrogens with one attached hydrogen (secondary N) is 1. The molecule has 0 bridgehead atoms. The Bertz CT molecular complexity index is 963. The number of nitrogens with zero attached hydrogens (tertiary/aromatic N) is 2. The Kier molecular flexibility index (Phi) is 7.73. The van der Waals surface area contributed by atoms with Crippen molar-refractivity contribution < 1.29 is 27.5 Å². The summed E-state index contributed by atoms with van der Waals surface area (Å²) in [6, 6.07) is 10.4. The lowest BCUT2D eigenvalue weighted by Crippen LogP contribution is -2.53. The van der Waals surface area contributed by atoms with E-state index in [1.165, 1.54) is 18.2 Å². The second-order valence-corrected chi connectivity index (χ2v) is 7.95. The van der Waals surface area contributed by atoms with Gasteiger partial charge < -0.3 is 19.9 Å². The van der Waals surface area contributed by atoms with Gasteiger partial charge in [0.1, 0.15) is 5.75 Å². The van der Waals surface area contributed by atoms with Gasteiger partial charge in [0.2, 0.25) is 0 Å². The normalized spacial score (nSPS) is 14.3. The first kappa shape index (κ1) is 24.0. The molecule has 0 radical (unpaired) electrons. The number of carbonyl (C=O) groups excluding carboxylic acids is 2. The maximum atomic E-state index is 12.7. The fourth-order valence-electron chi connectivity index (χ4n) is 3.10. The van der Waals surface area contributed by atoms with Crippen LogP contribution in [0.2, 0.25) is 10.0 Å². The highest BCUT2D eigenvalue weighted by molar-refractivity contribution is 6.36. The minimum atomic E-state index is -4.40. The maximum Gasteiger partial charge on any atom is 0.422 e. The molecule has 0 atom stereocenters. The van der Waals surface area contributed by atoms with Crippen molar-refractivity contribution in [1.29, 1.82) is 0 Å². The van der Waals surface area contributed by atoms with Crippen LogP contribution in [0, 0.1) is 0 Å². The van der Waals surface area contributed by atoms with E-state index in [4.69, 9.17) is 23.2 Å². The number of carbonyl (C=O) groups is 2. The van der Waals surface area contributed by atoms with Crippen LogP contribution < -0.4 is 10.1 Å². The van der Waals surface area contributed by atoms with Crippen LogP contribution in [0.5, 0.6) is 5.75 Å². The Morgan fingerprint density at radius 2 is 1.59 bits per heavy atom. The molecule has 0 aromatic heterocycles. The number of piperazine rings is 1. The zero-order valence-electron chi connectivity index (χ0n) is 16.8. The molecular weight excluding hydrogens is 470 g/mol. The first-order chi connectivity index (χ1) is 15.1. The van der Waals surface area contributed by atoms with Gasteiger partial charge in [-0.1, -0.05) is 35.3 Å². The van der Waals surface area contributed by atoms with E-state index < -0.39 is 12.8 Å². The van der Waals surface area contributed by atoms with E-state index >= 15 is 0 Å². The average molecular weight is 490 g/mol. The molecule has 6 nitrogen and oxygen atoms in total. The summed E-state index contributed by atoms with van der Waals surface area (Å²) in [6.07, 6.45) is -4.40. The number of benzene rings is 2. The van der Waals surface area contributed by atoms with E-state index in [1.807, 2.05) is 0 Å². The minimum Gasteiger partial charge on any atom is -0.484 e. The molecule has 2 aromatic rings. The van der Waals surface area contributed by atoms with Crippen LogP contribution in [0.4, 0.5) is 18.0 Å². The highest BCUT2D eigenvalue weighted by Gasteiger charge is 2.28. The molecule has 0 spiro atoms. The number of rotatable bonds is 5. The van der Waals surface area contributed by atoms with Gasteiger partial charge >= 0.3 is 12.2 Å². The second-order valence-electron chi connectivity index (χ2n) is 7.11. The van der Waals surface area contributed by atoms with E-state index in [9.17, 15) is 22.8 Å². The highest BCUT2D eigenvalue weighted by atomic mass is 35.5. The van der Waals surface area contributed by atoms with E-state index in [1.54, 1.807) is 34.1 Å². The summed E-state index contributed by atoms with van der Waals surface area (Å²) in [5, 5.41) is 3.48. The number of ether oxygens (including phenoxy) is 1. The Labute approximate surface area is 192 Å². The number of alkyl halides is 3. The predicted molar refractivity (Wildman–Crippen MR) is 114 cm³/mol. The van der Waals surface area contributed by atoms with Gasteiger partial charge in [0.15, 0.2) is 6.61 Å². The lowest BCUT2D eigenvalue weighted by molar-refractivity contribution is -0.153. The number of amides is 3. The van der Waals surface area contributed by atoms with Crippen molar-refractivity contribution >= 4 is 35.1 Å². The second kappa shape index (κ2) is 10.3. The van der Waals surface area contributed by atoms with Crippen molar-refractivity contribution in [3.63, 3.8) is 0 Å². The zero-order valence-corrected chi connectivity index (χ0v) is 18.3. The third-order valence-corrected chi connectivity index (χ3v) is 5.33. The summed E-state index contributed by atoms with van der Waals surface area (Å²) in [5.74, 6) is -0.126. The summed E-state index contributed by atoms with van der Waals surface area (Å²) in [4.78, 5) is 28.3. The van der Waals surface area contributed by atoms with Gasteiger partial charge in [-0.3, -0.25) is 4.79 Å². The highest BCUT2D eigenvalue weighted by Crippen LogP contribution is 2.23. The third kappa shape index (κ3) is 6.67. The van der Waals surface area contributed by atoms with Crippen LogP contribution in [-0.4, -0.2) is 60.7 Å². The van der Waals surface area contributed by atoms with Crippen molar-refractivity contribution in [3.05, 3.63) is 63.6 Å². The lowest BCUT2D eigenvalue weighted by atomic mass is 10.2. The molecule has 1 saturated heterocycles. The molecule has 1 aliphatic rings. The number of hydrogen-bond acceptors (Lipinski definition) is 3. The summed E-state index contributed by atoms with van der Waals surface area (Å²) in [7, 11) is 0. The van der Waals surface area contributed by atoms with E-state index in [-0.39, 0.29) is 29.3 Å². The van der Waals surface area contributed by atoms with Crippen LogP contribution in [0.1, 0.15) is 15.9 Å². The largest absolute Gasteiger partial charge is 0.484 e. The molecule has 3 rings (SSSR count). The van der Waals surface area contributed by atoms with E-state index in [2.05, 4.69) is 10.1 Å². The average Bonchev–Trinajstić information content (AvgIpc) is 2.76. The van der Waals surface area contributed by atoms with Crippen molar-refractivity contribution in [3.8, 4) is 5.75 Å². The third-order valence-electron chi connectivity index (χ3n) is 4.79. The van der Waals surface area contributed by atoms with Gasteiger partial charge in [0.05, 0.1) is 10.6 Å². The molecule has 0 saturated carbocycles. The molecule has 1 fully saturated rings. The van der Waals surface area contributed by atoms with Gasteiger partial charge in [-0.05, 0) is 35.9 Å². The molecule has 1 N–H and O–H groups in total. The summed E-state index contributed by atoms with van der Waals surface area (Å²) in [5.41, 5.74) is 1.07. The Morgan fingerprint density at radius 1 is 0.969 bits per heavy atom. The smallest absolute Gasteiger partial charge is 0.422 e. The molecule has 3 amide bonds. The zero-order chi connectivity index (χ0) is 23.3. The van der Waals surface area contributed by atoms with Crippen LogP contribution in [0.25, 0.3) is 0 Å². The van der Waals surface area contributed by atoms with Gasteiger partial charge in [-0.2, -0.15) is 13.2 Å². The molecule has 2 aromatic carbocycles. The molecular formula is C21H20Cl2F3N3O3. The van der Waals surface area contributed by atoms with E-state index in [0.717, 1.165) is 0 Å². The molecule has 0 aliphatic carbocycles. The fraction of sp³-hybridized carbons (Fsp3) is 0.333. The Hall–Kier alpha value is -2.65. The Morgan fingerprint density at radius 3 is 2.19 bits per heavy atom. The minimum absolute atomic E-state index is 0.0963. The first-order valence-corrected chi connectivity index (χ1v) is 10.4. The van der Waals surface area contributed by atoms with Crippen LogP contribution in [0.15, 0.2) is 42.5 Å². The van der Waals surface area contributed by atoms with Gasteiger partial charge in [0.25, 0.3) is 5.91 Å². The lowest BCUT2D eigenvalue weighted by Gasteiger charge is -2.35. The predicted octanol–water partition coefficient (Wildman–Crippen LogP) is 4.60. The summed E-state index contributed by atoms with van der Waals surface area (Å²) < 4.78 is 41.2. The molecule has 11 heteroatoms. The van der Waals surface area contributed by atoms with Gasteiger partial charge in [-0.25, -0.2) is 4.79 Å². The van der Waals surface area contributed by atoms with Crippen LogP contribution >= 0.6 is 23.2 Å². The molecule has 0 unspecified atom stereocenters. The maximum absolute atomic E-state index is 12.7. The molecule has 172 valence electrons. The van der Waals surface area contributed by atoms with Crippen LogP contribution in [0.3, 0.4) is 0 Å². The van der Waals surface area contributed by atoms with Crippen molar-refractivity contribution in [2.24, 2.45) is 0 Å². The molecule has 1 heterocycles. The number of hydrogen-bond donors (Lipinski definition) is 1. The monoisotopic (exact) mass is 489 g/mol. The SMILES string of the molecule is O=C(NCc1ccc(OCC(F)(F)F)cc1)N1CCN(C(=O)c2ccc(Cl)cc2Cl)CC1. The quantitative estimate of drug-likeness (QED) is 0.667. The van der Waals surface area contributed by atoms with Crippen molar-refractivity contribution in [1.82, 2.24) is 15.1 Å². The Balaban J connectivity index is 1.45.